The molecule has 8 heteroatoms. The summed E-state index contributed by atoms with van der Waals surface area (Å²) >= 11 is 0. The molecule has 0 N–H and O–H groups in total. The molecule has 3 aromatic rings. The van der Waals surface area contributed by atoms with Crippen molar-refractivity contribution in [2.75, 3.05) is 6.61 Å². The molecule has 0 amide bonds. The summed E-state index contributed by atoms with van der Waals surface area (Å²) in [6, 6.07) is 4.41. The quantitative estimate of drug-likeness (QED) is 0.674. The van der Waals surface area contributed by atoms with E-state index in [0.717, 1.165) is 6.20 Å². The van der Waals surface area contributed by atoms with Crippen molar-refractivity contribution >= 4 is 0 Å². The second-order valence-electron chi connectivity index (χ2n) is 5.98. The number of pyridine rings is 1. The Kier molecular flexibility index (Phi) is 4.90. The third-order valence-electron chi connectivity index (χ3n) is 3.37. The maximum atomic E-state index is 13.3. The first-order valence-corrected chi connectivity index (χ1v) is 7.93. The maximum absolute atomic E-state index is 13.3. The van der Waals surface area contributed by atoms with E-state index in [1.807, 2.05) is 0 Å². The van der Waals surface area contributed by atoms with Crippen LogP contribution < -0.4 is 10.3 Å². The van der Waals surface area contributed by atoms with Gasteiger partial charge in [0, 0.05) is 31.6 Å². The molecule has 0 aliphatic heterocycles. The molecule has 0 saturated heterocycles. The highest BCUT2D eigenvalue weighted by Crippen LogP contribution is 2.15. The molecule has 0 aliphatic carbocycles. The molecule has 3 rings (SSSR count). The number of hydrogen-bond donors (Lipinski definition) is 0. The molecule has 0 spiro atoms. The SMILES string of the molecule is [2H]C(C)(C)COc1ncc(-c2ccc(=O)n(Cc3cncc(F)c3)n2)cn1. The van der Waals surface area contributed by atoms with Crippen molar-refractivity contribution in [3.05, 3.63) is 64.7 Å². The minimum absolute atomic E-state index is 0.0953. The van der Waals surface area contributed by atoms with E-state index in [1.54, 1.807) is 19.9 Å². The fraction of sp³-hybridized carbons (Fsp3) is 0.278. The molecule has 134 valence electrons. The molecule has 0 bridgehead atoms. The van der Waals surface area contributed by atoms with Gasteiger partial charge in [-0.2, -0.15) is 5.10 Å². The minimum Gasteiger partial charge on any atom is -0.463 e. The lowest BCUT2D eigenvalue weighted by molar-refractivity contribution is 0.251. The summed E-state index contributed by atoms with van der Waals surface area (Å²) in [4.78, 5) is 24.0. The van der Waals surface area contributed by atoms with Gasteiger partial charge < -0.3 is 4.74 Å². The van der Waals surface area contributed by atoms with Gasteiger partial charge >= 0.3 is 6.01 Å². The number of hydrogen-bond acceptors (Lipinski definition) is 6. The molecule has 26 heavy (non-hydrogen) atoms. The topological polar surface area (TPSA) is 82.8 Å². The predicted octanol–water partition coefficient (Wildman–Crippen LogP) is 2.32. The van der Waals surface area contributed by atoms with Crippen LogP contribution >= 0.6 is 0 Å². The lowest BCUT2D eigenvalue weighted by Gasteiger charge is -2.08. The summed E-state index contributed by atoms with van der Waals surface area (Å²) in [7, 11) is 0. The summed E-state index contributed by atoms with van der Waals surface area (Å²) < 4.78 is 27.6. The zero-order chi connectivity index (χ0) is 19.4. The van der Waals surface area contributed by atoms with E-state index in [-0.39, 0.29) is 24.7 Å². The molecule has 3 aromatic heterocycles. The second-order valence-corrected chi connectivity index (χ2v) is 5.98. The molecule has 0 radical (unpaired) electrons. The summed E-state index contributed by atoms with van der Waals surface area (Å²) in [6.07, 6.45) is 5.63. The molecule has 3 heterocycles. The molecular formula is C18H18FN5O2. The van der Waals surface area contributed by atoms with Crippen molar-refractivity contribution in [1.29, 1.82) is 0 Å². The van der Waals surface area contributed by atoms with Crippen LogP contribution in [0, 0.1) is 11.7 Å². The molecule has 7 nitrogen and oxygen atoms in total. The normalized spacial score (nSPS) is 11.9. The molecule has 0 fully saturated rings. The summed E-state index contributed by atoms with van der Waals surface area (Å²) in [6.45, 7) is 3.71. The van der Waals surface area contributed by atoms with Gasteiger partial charge in [-0.05, 0) is 23.6 Å². The van der Waals surface area contributed by atoms with Crippen LogP contribution in [0.25, 0.3) is 11.3 Å². The monoisotopic (exact) mass is 356 g/mol. The number of ether oxygens (including phenoxy) is 1. The van der Waals surface area contributed by atoms with Crippen LogP contribution in [0.2, 0.25) is 0 Å². The zero-order valence-corrected chi connectivity index (χ0v) is 14.4. The van der Waals surface area contributed by atoms with E-state index in [4.69, 9.17) is 6.11 Å². The van der Waals surface area contributed by atoms with Crippen LogP contribution in [0.4, 0.5) is 4.39 Å². The van der Waals surface area contributed by atoms with Crippen molar-refractivity contribution in [1.82, 2.24) is 24.7 Å². The number of rotatable bonds is 6. The Labute approximate surface area is 150 Å². The molecule has 0 aliphatic rings. The van der Waals surface area contributed by atoms with E-state index in [9.17, 15) is 9.18 Å². The van der Waals surface area contributed by atoms with Gasteiger partial charge in [0.2, 0.25) is 0 Å². The number of aromatic nitrogens is 5. The van der Waals surface area contributed by atoms with E-state index in [0.29, 0.717) is 16.8 Å². The van der Waals surface area contributed by atoms with Crippen LogP contribution in [-0.2, 0) is 6.54 Å². The molecule has 0 unspecified atom stereocenters. The second kappa shape index (κ2) is 7.81. The summed E-state index contributed by atoms with van der Waals surface area (Å²) in [5, 5.41) is 4.29. The van der Waals surface area contributed by atoms with E-state index in [2.05, 4.69) is 20.1 Å². The predicted molar refractivity (Wildman–Crippen MR) is 93.2 cm³/mol. The Morgan fingerprint density at radius 3 is 2.69 bits per heavy atom. The average molecular weight is 356 g/mol. The van der Waals surface area contributed by atoms with Crippen LogP contribution in [-0.4, -0.2) is 31.3 Å². The Balaban J connectivity index is 1.80. The van der Waals surface area contributed by atoms with Crippen molar-refractivity contribution in [2.45, 2.75) is 20.4 Å². The first kappa shape index (κ1) is 16.3. The van der Waals surface area contributed by atoms with Crippen molar-refractivity contribution in [2.24, 2.45) is 5.89 Å². The largest absolute Gasteiger partial charge is 0.463 e. The van der Waals surface area contributed by atoms with Gasteiger partial charge in [-0.25, -0.2) is 19.0 Å². The van der Waals surface area contributed by atoms with Crippen LogP contribution in [0.3, 0.4) is 0 Å². The zero-order valence-electron chi connectivity index (χ0n) is 15.4. The Bertz CT molecular complexity index is 986. The third kappa shape index (κ3) is 4.47. The fourth-order valence-electron chi connectivity index (χ4n) is 2.16. The highest BCUT2D eigenvalue weighted by atomic mass is 19.1. The van der Waals surface area contributed by atoms with Crippen molar-refractivity contribution < 1.29 is 10.5 Å². The smallest absolute Gasteiger partial charge is 0.316 e. The highest BCUT2D eigenvalue weighted by Gasteiger charge is 2.07. The van der Waals surface area contributed by atoms with Crippen molar-refractivity contribution in [3.63, 3.8) is 0 Å². The molecule has 0 atom stereocenters. The van der Waals surface area contributed by atoms with Gasteiger partial charge in [0.1, 0.15) is 5.82 Å². The fourth-order valence-corrected chi connectivity index (χ4v) is 2.16. The van der Waals surface area contributed by atoms with E-state index in [1.165, 1.54) is 35.4 Å². The molecular weight excluding hydrogens is 337 g/mol. The van der Waals surface area contributed by atoms with Crippen LogP contribution in [0.1, 0.15) is 20.8 Å². The lowest BCUT2D eigenvalue weighted by atomic mass is 10.2. The van der Waals surface area contributed by atoms with Crippen LogP contribution in [0.15, 0.2) is 47.8 Å². The van der Waals surface area contributed by atoms with Gasteiger partial charge in [0.05, 0.1) is 25.0 Å². The average Bonchev–Trinajstić information content (AvgIpc) is 2.62. The number of nitrogens with zero attached hydrogens (tertiary/aromatic N) is 5. The van der Waals surface area contributed by atoms with Gasteiger partial charge in [-0.1, -0.05) is 13.8 Å². The van der Waals surface area contributed by atoms with E-state index < -0.39 is 11.7 Å². The highest BCUT2D eigenvalue weighted by molar-refractivity contribution is 5.55. The summed E-state index contributed by atoms with van der Waals surface area (Å²) in [5.41, 5.74) is 1.30. The molecule has 0 saturated carbocycles. The Hall–Kier alpha value is -3.16. The van der Waals surface area contributed by atoms with Gasteiger partial charge in [0.15, 0.2) is 0 Å². The maximum Gasteiger partial charge on any atom is 0.316 e. The Morgan fingerprint density at radius 2 is 2.00 bits per heavy atom. The van der Waals surface area contributed by atoms with Gasteiger partial charge in [0.25, 0.3) is 5.56 Å². The van der Waals surface area contributed by atoms with Crippen LogP contribution in [0.5, 0.6) is 6.01 Å². The minimum atomic E-state index is -0.745. The summed E-state index contributed by atoms with van der Waals surface area (Å²) in [5.74, 6) is -1.22. The Morgan fingerprint density at radius 1 is 1.23 bits per heavy atom. The number of halogens is 1. The van der Waals surface area contributed by atoms with E-state index >= 15 is 0 Å². The van der Waals surface area contributed by atoms with Crippen molar-refractivity contribution in [3.8, 4) is 17.3 Å². The molecule has 0 aromatic carbocycles. The standard InChI is InChI=1S/C18H18FN5O2/c1-12(2)11-26-18-21-7-14(8-22-18)16-3-4-17(25)24(23-16)10-13-5-15(19)9-20-6-13/h3-9,12H,10-11H2,1-2H3/i12D. The third-order valence-corrected chi connectivity index (χ3v) is 3.37. The van der Waals surface area contributed by atoms with Gasteiger partial charge in [-0.3, -0.25) is 9.78 Å². The first-order chi connectivity index (χ1) is 12.8. The lowest BCUT2D eigenvalue weighted by Crippen LogP contribution is -2.23. The van der Waals surface area contributed by atoms with Gasteiger partial charge in [-0.15, -0.1) is 0 Å². The first-order valence-electron chi connectivity index (χ1n) is 8.43.